The monoisotopic (exact) mass is 323 g/mol. The molecule has 0 unspecified atom stereocenters. The van der Waals surface area contributed by atoms with Gasteiger partial charge >= 0.3 is 0 Å². The number of carbonyl (C=O) groups is 1. The van der Waals surface area contributed by atoms with Gasteiger partial charge in [0.25, 0.3) is 0 Å². The fraction of sp³-hybridized carbons (Fsp3) is 0.533. The molecule has 0 spiro atoms. The Bertz CT molecular complexity index is 501. The van der Waals surface area contributed by atoms with Crippen LogP contribution in [-0.4, -0.2) is 34.6 Å². The molecule has 19 heavy (non-hydrogen) atoms. The highest BCUT2D eigenvalue weighted by atomic mass is 79.9. The van der Waals surface area contributed by atoms with Gasteiger partial charge < -0.3 is 10.0 Å². The molecule has 0 radical (unpaired) electrons. The summed E-state index contributed by atoms with van der Waals surface area (Å²) in [6.07, 6.45) is 2.56. The molecule has 0 atom stereocenters. The summed E-state index contributed by atoms with van der Waals surface area (Å²) < 4.78 is 1.03. The van der Waals surface area contributed by atoms with Crippen LogP contribution in [0.15, 0.2) is 28.7 Å². The van der Waals surface area contributed by atoms with Crippen molar-refractivity contribution in [3.63, 3.8) is 0 Å². The third-order valence-corrected chi connectivity index (χ3v) is 5.00. The lowest BCUT2D eigenvalue weighted by Gasteiger charge is -2.47. The average molecular weight is 324 g/mol. The van der Waals surface area contributed by atoms with Crippen molar-refractivity contribution >= 4 is 21.8 Å². The van der Waals surface area contributed by atoms with Crippen molar-refractivity contribution in [2.45, 2.75) is 37.2 Å². The number of likely N-dealkylation sites (tertiary alicyclic amines) is 1. The van der Waals surface area contributed by atoms with Crippen molar-refractivity contribution in [3.05, 3.63) is 34.3 Å². The van der Waals surface area contributed by atoms with Crippen LogP contribution in [0.25, 0.3) is 0 Å². The molecule has 1 aromatic carbocycles. The smallest absolute Gasteiger partial charge is 0.233 e. The van der Waals surface area contributed by atoms with Crippen LogP contribution >= 0.6 is 15.9 Å². The van der Waals surface area contributed by atoms with Crippen molar-refractivity contribution in [1.82, 2.24) is 4.90 Å². The summed E-state index contributed by atoms with van der Waals surface area (Å²) in [5.74, 6) is 0.188. The van der Waals surface area contributed by atoms with Gasteiger partial charge in [-0.25, -0.2) is 0 Å². The minimum Gasteiger partial charge on any atom is -0.386 e. The minimum absolute atomic E-state index is 0.188. The van der Waals surface area contributed by atoms with Crippen LogP contribution in [0.2, 0.25) is 0 Å². The Balaban J connectivity index is 1.75. The molecule has 1 amide bonds. The van der Waals surface area contributed by atoms with E-state index in [9.17, 15) is 9.90 Å². The van der Waals surface area contributed by atoms with E-state index in [4.69, 9.17) is 0 Å². The molecule has 1 aliphatic carbocycles. The van der Waals surface area contributed by atoms with E-state index in [1.54, 1.807) is 4.90 Å². The number of carbonyl (C=O) groups excluding carboxylic acids is 1. The first-order valence-corrected chi connectivity index (χ1v) is 7.56. The number of aliphatic hydroxyl groups is 1. The van der Waals surface area contributed by atoms with Crippen LogP contribution in [0.5, 0.6) is 0 Å². The normalized spacial score (nSPS) is 22.8. The molecule has 1 heterocycles. The number of hydrogen-bond acceptors (Lipinski definition) is 2. The molecule has 2 fully saturated rings. The van der Waals surface area contributed by atoms with E-state index in [1.807, 2.05) is 31.2 Å². The van der Waals surface area contributed by atoms with Gasteiger partial charge in [0.05, 0.1) is 24.1 Å². The van der Waals surface area contributed by atoms with Crippen molar-refractivity contribution in [1.29, 1.82) is 0 Å². The standard InChI is InChI=1S/C15H18BrNO2/c1-2-14(19)9-17(10-14)13(18)15(7-8-15)11-3-5-12(16)6-4-11/h3-6,19H,2,7-10H2,1H3. The third-order valence-electron chi connectivity index (χ3n) is 4.47. The summed E-state index contributed by atoms with van der Waals surface area (Å²) in [4.78, 5) is 14.4. The van der Waals surface area contributed by atoms with Crippen LogP contribution in [-0.2, 0) is 10.2 Å². The summed E-state index contributed by atoms with van der Waals surface area (Å²) in [6.45, 7) is 2.94. The van der Waals surface area contributed by atoms with E-state index in [1.165, 1.54) is 0 Å². The Morgan fingerprint density at radius 1 is 1.32 bits per heavy atom. The SMILES string of the molecule is CCC1(O)CN(C(=O)C2(c3ccc(Br)cc3)CC2)C1. The highest BCUT2D eigenvalue weighted by Crippen LogP contribution is 2.50. The van der Waals surface area contributed by atoms with Gasteiger partial charge in [0.2, 0.25) is 5.91 Å². The predicted octanol–water partition coefficient (Wildman–Crippen LogP) is 2.46. The lowest BCUT2D eigenvalue weighted by atomic mass is 9.87. The van der Waals surface area contributed by atoms with Crippen LogP contribution in [0.3, 0.4) is 0 Å². The zero-order chi connectivity index (χ0) is 13.7. The first kappa shape index (κ1) is 13.1. The molecule has 1 aromatic rings. The maximum Gasteiger partial charge on any atom is 0.233 e. The zero-order valence-electron chi connectivity index (χ0n) is 11.0. The van der Waals surface area contributed by atoms with Crippen molar-refractivity contribution in [2.75, 3.05) is 13.1 Å². The summed E-state index contributed by atoms with van der Waals surface area (Å²) in [6, 6.07) is 8.03. The quantitative estimate of drug-likeness (QED) is 0.928. The van der Waals surface area contributed by atoms with E-state index >= 15 is 0 Å². The second-order valence-corrected chi connectivity index (χ2v) is 6.74. The number of benzene rings is 1. The first-order chi connectivity index (χ1) is 8.99. The lowest BCUT2D eigenvalue weighted by molar-refractivity contribution is -0.158. The molecule has 1 saturated heterocycles. The molecule has 0 bridgehead atoms. The van der Waals surface area contributed by atoms with Gasteiger partial charge in [-0.05, 0) is 37.0 Å². The Morgan fingerprint density at radius 3 is 2.37 bits per heavy atom. The van der Waals surface area contributed by atoms with Crippen molar-refractivity contribution in [3.8, 4) is 0 Å². The number of nitrogens with zero attached hydrogens (tertiary/aromatic N) is 1. The zero-order valence-corrected chi connectivity index (χ0v) is 12.6. The predicted molar refractivity (Wildman–Crippen MR) is 76.9 cm³/mol. The highest BCUT2D eigenvalue weighted by Gasteiger charge is 2.56. The van der Waals surface area contributed by atoms with Crippen molar-refractivity contribution in [2.24, 2.45) is 0 Å². The molecule has 102 valence electrons. The Kier molecular flexibility index (Phi) is 2.98. The van der Waals surface area contributed by atoms with Gasteiger partial charge in [0, 0.05) is 4.47 Å². The molecule has 4 heteroatoms. The molecule has 2 aliphatic rings. The second kappa shape index (κ2) is 4.32. The van der Waals surface area contributed by atoms with Crippen LogP contribution in [0.4, 0.5) is 0 Å². The van der Waals surface area contributed by atoms with Crippen LogP contribution in [0.1, 0.15) is 31.7 Å². The summed E-state index contributed by atoms with van der Waals surface area (Å²) >= 11 is 3.42. The molecule has 1 N–H and O–H groups in total. The van der Waals surface area contributed by atoms with Gasteiger partial charge in [-0.1, -0.05) is 35.0 Å². The van der Waals surface area contributed by atoms with E-state index in [0.717, 1.165) is 22.9 Å². The van der Waals surface area contributed by atoms with E-state index in [2.05, 4.69) is 15.9 Å². The number of β-amino-alcohol motifs (C(OH)–C–C–N with tert-alkyl or cyclic N) is 1. The molecule has 1 aliphatic heterocycles. The van der Waals surface area contributed by atoms with Crippen LogP contribution < -0.4 is 0 Å². The van der Waals surface area contributed by atoms with Gasteiger partial charge in [-0.2, -0.15) is 0 Å². The third kappa shape index (κ3) is 2.11. The molecule has 0 aromatic heterocycles. The second-order valence-electron chi connectivity index (χ2n) is 5.83. The van der Waals surface area contributed by atoms with Gasteiger partial charge in [0.1, 0.15) is 0 Å². The molecule has 1 saturated carbocycles. The minimum atomic E-state index is -0.647. The highest BCUT2D eigenvalue weighted by molar-refractivity contribution is 9.10. The first-order valence-electron chi connectivity index (χ1n) is 6.77. The van der Waals surface area contributed by atoms with Crippen molar-refractivity contribution < 1.29 is 9.90 Å². The Morgan fingerprint density at radius 2 is 1.89 bits per heavy atom. The topological polar surface area (TPSA) is 40.5 Å². The molecule has 3 nitrogen and oxygen atoms in total. The van der Waals surface area contributed by atoms with Crippen LogP contribution in [0, 0.1) is 0 Å². The molecular formula is C15H18BrNO2. The summed E-state index contributed by atoms with van der Waals surface area (Å²) in [7, 11) is 0. The van der Waals surface area contributed by atoms with Gasteiger partial charge in [-0.15, -0.1) is 0 Å². The van der Waals surface area contributed by atoms with E-state index in [0.29, 0.717) is 19.5 Å². The largest absolute Gasteiger partial charge is 0.386 e. The molecular weight excluding hydrogens is 306 g/mol. The summed E-state index contributed by atoms with van der Waals surface area (Å²) in [5.41, 5.74) is 0.147. The maximum absolute atomic E-state index is 12.6. The Labute approximate surface area is 121 Å². The average Bonchev–Trinajstić information content (AvgIpc) is 3.16. The number of halogens is 1. The van der Waals surface area contributed by atoms with Gasteiger partial charge in [-0.3, -0.25) is 4.79 Å². The summed E-state index contributed by atoms with van der Waals surface area (Å²) in [5, 5.41) is 10.0. The number of rotatable bonds is 3. The maximum atomic E-state index is 12.6. The fourth-order valence-electron chi connectivity index (χ4n) is 2.85. The van der Waals surface area contributed by atoms with E-state index in [-0.39, 0.29) is 11.3 Å². The lowest BCUT2D eigenvalue weighted by Crippen LogP contribution is -2.64. The number of amides is 1. The molecule has 3 rings (SSSR count). The fourth-order valence-corrected chi connectivity index (χ4v) is 3.12. The number of hydrogen-bond donors (Lipinski definition) is 1. The van der Waals surface area contributed by atoms with Gasteiger partial charge in [0.15, 0.2) is 0 Å². The van der Waals surface area contributed by atoms with E-state index < -0.39 is 5.60 Å². The Hall–Kier alpha value is -0.870.